The molecule has 3 N–H and O–H groups in total. The van der Waals surface area contributed by atoms with Crippen molar-refractivity contribution >= 4 is 11.9 Å². The maximum absolute atomic E-state index is 13.1. The molecule has 0 aliphatic heterocycles. The first-order valence-corrected chi connectivity index (χ1v) is 24.4. The van der Waals surface area contributed by atoms with E-state index in [9.17, 15) is 19.8 Å². The first-order valence-electron chi connectivity index (χ1n) is 24.4. The summed E-state index contributed by atoms with van der Waals surface area (Å²) in [7, 11) is 0. The van der Waals surface area contributed by atoms with Gasteiger partial charge in [0.1, 0.15) is 6.10 Å². The zero-order valence-corrected chi connectivity index (χ0v) is 38.4. The average molecular weight is 822 g/mol. The summed E-state index contributed by atoms with van der Waals surface area (Å²) < 4.78 is 5.78. The Kier molecular flexibility index (Phi) is 43.8. The number of allylic oxidation sites excluding steroid dienone is 13. The highest BCUT2D eigenvalue weighted by atomic mass is 16.5. The van der Waals surface area contributed by atoms with Crippen LogP contribution < -0.4 is 5.32 Å². The molecule has 0 aromatic heterocycles. The predicted molar refractivity (Wildman–Crippen MR) is 254 cm³/mol. The zero-order chi connectivity index (χ0) is 43.1. The number of aliphatic hydroxyl groups is 2. The van der Waals surface area contributed by atoms with Crippen LogP contribution in [0, 0.1) is 0 Å². The van der Waals surface area contributed by atoms with Crippen LogP contribution in [0.3, 0.4) is 0 Å². The predicted octanol–water partition coefficient (Wildman–Crippen LogP) is 14.4. The Balaban J connectivity index is 4.70. The van der Waals surface area contributed by atoms with E-state index in [1.807, 2.05) is 60.8 Å². The summed E-state index contributed by atoms with van der Waals surface area (Å²) in [6.07, 6.45) is 59.7. The second kappa shape index (κ2) is 46.1. The van der Waals surface area contributed by atoms with Crippen LogP contribution in [0.2, 0.25) is 0 Å². The molecule has 0 aromatic carbocycles. The van der Waals surface area contributed by atoms with Crippen LogP contribution in [0.25, 0.3) is 0 Å². The second-order valence-electron chi connectivity index (χ2n) is 16.3. The molecule has 0 bridgehead atoms. The van der Waals surface area contributed by atoms with Gasteiger partial charge in [-0.1, -0.05) is 241 Å². The lowest BCUT2D eigenvalue weighted by Crippen LogP contribution is -2.46. The van der Waals surface area contributed by atoms with Crippen molar-refractivity contribution in [2.24, 2.45) is 0 Å². The van der Waals surface area contributed by atoms with Gasteiger partial charge in [-0.3, -0.25) is 9.59 Å². The van der Waals surface area contributed by atoms with Gasteiger partial charge in [0.15, 0.2) is 0 Å². The highest BCUT2D eigenvalue weighted by Crippen LogP contribution is 2.16. The van der Waals surface area contributed by atoms with Crippen molar-refractivity contribution in [2.45, 2.75) is 232 Å². The number of carbonyl (C=O) groups excluding carboxylic acids is 2. The van der Waals surface area contributed by atoms with Gasteiger partial charge in [0.05, 0.1) is 25.2 Å². The summed E-state index contributed by atoms with van der Waals surface area (Å²) in [4.78, 5) is 25.9. The molecule has 3 atom stereocenters. The highest BCUT2D eigenvalue weighted by Gasteiger charge is 2.23. The molecule has 0 rings (SSSR count). The van der Waals surface area contributed by atoms with Crippen LogP contribution in [-0.4, -0.2) is 46.9 Å². The summed E-state index contributed by atoms with van der Waals surface area (Å²) in [5.41, 5.74) is 0. The van der Waals surface area contributed by atoms with Crippen LogP contribution in [0.1, 0.15) is 213 Å². The molecule has 6 heteroatoms. The smallest absolute Gasteiger partial charge is 0.306 e. The minimum absolute atomic E-state index is 0.0444. The Morgan fingerprint density at radius 2 is 1.00 bits per heavy atom. The summed E-state index contributed by atoms with van der Waals surface area (Å²) in [5, 5.41) is 23.6. The summed E-state index contributed by atoms with van der Waals surface area (Å²) in [5.74, 6) is -0.694. The number of ether oxygens (including phenoxy) is 1. The van der Waals surface area contributed by atoms with Crippen molar-refractivity contribution < 1.29 is 24.5 Å². The van der Waals surface area contributed by atoms with Crippen LogP contribution >= 0.6 is 0 Å². The highest BCUT2D eigenvalue weighted by molar-refractivity contribution is 5.77. The van der Waals surface area contributed by atoms with Crippen LogP contribution in [0.15, 0.2) is 85.1 Å². The van der Waals surface area contributed by atoms with E-state index in [0.717, 1.165) is 38.5 Å². The average Bonchev–Trinajstić information content (AvgIpc) is 3.23. The molecule has 6 nitrogen and oxygen atoms in total. The summed E-state index contributed by atoms with van der Waals surface area (Å²) in [6.45, 7) is 6.27. The number of unbranched alkanes of at least 4 members (excludes halogenated alkanes) is 21. The molecule has 0 heterocycles. The van der Waals surface area contributed by atoms with Gasteiger partial charge in [0.25, 0.3) is 0 Å². The maximum atomic E-state index is 13.1. The van der Waals surface area contributed by atoms with Crippen molar-refractivity contribution in [1.29, 1.82) is 0 Å². The lowest BCUT2D eigenvalue weighted by molar-refractivity contribution is -0.150. The quantitative estimate of drug-likeness (QED) is 0.0247. The molecular weight excluding hydrogens is 731 g/mol. The first-order chi connectivity index (χ1) is 29.0. The number of aliphatic hydroxyl groups excluding tert-OH is 2. The van der Waals surface area contributed by atoms with Crippen molar-refractivity contribution in [1.82, 2.24) is 5.32 Å². The molecule has 0 saturated heterocycles. The fourth-order valence-electron chi connectivity index (χ4n) is 6.92. The lowest BCUT2D eigenvalue weighted by Gasteiger charge is -2.24. The van der Waals surface area contributed by atoms with Gasteiger partial charge >= 0.3 is 5.97 Å². The minimum atomic E-state index is -0.829. The molecular formula is C53H91NO5. The molecule has 0 aliphatic rings. The van der Waals surface area contributed by atoms with Gasteiger partial charge in [-0.05, 0) is 38.5 Å². The third-order valence-electron chi connectivity index (χ3n) is 10.6. The molecule has 0 aromatic rings. The third kappa shape index (κ3) is 41.6. The maximum Gasteiger partial charge on any atom is 0.306 e. The van der Waals surface area contributed by atoms with E-state index in [2.05, 4.69) is 50.4 Å². The van der Waals surface area contributed by atoms with E-state index in [4.69, 9.17) is 4.74 Å². The Labute approximate surface area is 363 Å². The van der Waals surface area contributed by atoms with E-state index in [0.29, 0.717) is 19.3 Å². The minimum Gasteiger partial charge on any atom is -0.461 e. The summed E-state index contributed by atoms with van der Waals surface area (Å²) in [6, 6.07) is -0.753. The summed E-state index contributed by atoms with van der Waals surface area (Å²) >= 11 is 0. The standard InChI is InChI=1S/C53H91NO5/c1-4-7-10-13-16-19-22-24-25-26-28-30-33-36-39-42-45-51(56)50(48-55)54-52(57)47-49(44-41-38-35-32-29-21-18-15-12-9-6-3)59-53(58)46-43-40-37-34-31-27-23-20-17-14-11-8-5-2/h9,12,15,18,21,27,29,31-32,35,37-38,40-41,49-51,55-56H,4-8,10-11,13-14,16-17,19-20,22-26,28,30,33-34,36,39,42-48H2,1-3H3,(H,54,57)/b12-9+,18-15+,29-21-,31-27-,35-32-,40-37+,41-38+. The van der Waals surface area contributed by atoms with E-state index in [1.165, 1.54) is 122 Å². The molecule has 338 valence electrons. The van der Waals surface area contributed by atoms with Crippen molar-refractivity contribution in [3.8, 4) is 0 Å². The molecule has 0 aliphatic carbocycles. The van der Waals surface area contributed by atoms with Gasteiger partial charge in [-0.15, -0.1) is 0 Å². The van der Waals surface area contributed by atoms with E-state index >= 15 is 0 Å². The van der Waals surface area contributed by atoms with E-state index in [1.54, 1.807) is 0 Å². The third-order valence-corrected chi connectivity index (χ3v) is 10.6. The fourth-order valence-corrected chi connectivity index (χ4v) is 6.92. The Hall–Kier alpha value is -2.96. The molecule has 59 heavy (non-hydrogen) atoms. The molecule has 3 unspecified atom stereocenters. The van der Waals surface area contributed by atoms with Crippen molar-refractivity contribution in [2.75, 3.05) is 6.61 Å². The van der Waals surface area contributed by atoms with Gasteiger partial charge < -0.3 is 20.3 Å². The Morgan fingerprint density at radius 3 is 1.51 bits per heavy atom. The Bertz CT molecular complexity index is 1150. The number of rotatable bonds is 42. The van der Waals surface area contributed by atoms with E-state index < -0.39 is 18.2 Å². The van der Waals surface area contributed by atoms with Gasteiger partial charge in [0, 0.05) is 12.8 Å². The van der Waals surface area contributed by atoms with Crippen LogP contribution in [0.4, 0.5) is 0 Å². The van der Waals surface area contributed by atoms with Crippen LogP contribution in [0.5, 0.6) is 0 Å². The number of amides is 1. The number of esters is 1. The molecule has 0 fully saturated rings. The van der Waals surface area contributed by atoms with Crippen molar-refractivity contribution in [3.63, 3.8) is 0 Å². The number of carbonyl (C=O) groups is 2. The molecule has 0 saturated carbocycles. The van der Waals surface area contributed by atoms with Gasteiger partial charge in [0.2, 0.25) is 5.91 Å². The van der Waals surface area contributed by atoms with Crippen LogP contribution in [-0.2, 0) is 14.3 Å². The molecule has 0 radical (unpaired) electrons. The number of hydrogen-bond acceptors (Lipinski definition) is 5. The monoisotopic (exact) mass is 822 g/mol. The van der Waals surface area contributed by atoms with Crippen molar-refractivity contribution in [3.05, 3.63) is 85.1 Å². The first kappa shape index (κ1) is 56.0. The number of nitrogens with one attached hydrogen (secondary N) is 1. The van der Waals surface area contributed by atoms with Gasteiger partial charge in [-0.2, -0.15) is 0 Å². The Morgan fingerprint density at radius 1 is 0.542 bits per heavy atom. The largest absolute Gasteiger partial charge is 0.461 e. The van der Waals surface area contributed by atoms with E-state index in [-0.39, 0.29) is 31.3 Å². The molecule has 1 amide bonds. The number of hydrogen-bond donors (Lipinski definition) is 3. The topological polar surface area (TPSA) is 95.9 Å². The zero-order valence-electron chi connectivity index (χ0n) is 38.4. The molecule has 0 spiro atoms. The SMILES string of the molecule is CC/C=C/C=C/C=C\C=C/C=C/CC(CC(=O)NC(CO)C(O)CCCCCCCCCCCCCCCCCC)OC(=O)CC/C=C/C/C=C\CCCCCCCC. The van der Waals surface area contributed by atoms with Gasteiger partial charge in [-0.25, -0.2) is 0 Å². The normalized spacial score (nSPS) is 14.1. The lowest BCUT2D eigenvalue weighted by atomic mass is 10.0. The fraction of sp³-hybridized carbons (Fsp3) is 0.698. The second-order valence-corrected chi connectivity index (χ2v) is 16.3.